The van der Waals surface area contributed by atoms with Crippen molar-refractivity contribution in [1.82, 2.24) is 4.90 Å². The summed E-state index contributed by atoms with van der Waals surface area (Å²) in [5.74, 6) is -6.38. The molecule has 13 heavy (non-hydrogen) atoms. The molecule has 0 saturated carbocycles. The second-order valence-electron chi connectivity index (χ2n) is 2.61. The minimum absolute atomic E-state index is 0.0266. The molecule has 0 N–H and O–H groups in total. The Morgan fingerprint density at radius 1 is 1.31 bits per heavy atom. The van der Waals surface area contributed by atoms with E-state index in [0.29, 0.717) is 4.90 Å². The third kappa shape index (κ3) is 1.81. The van der Waals surface area contributed by atoms with Crippen LogP contribution in [-0.4, -0.2) is 36.2 Å². The van der Waals surface area contributed by atoms with Crippen LogP contribution in [0, 0.1) is 0 Å². The summed E-state index contributed by atoms with van der Waals surface area (Å²) in [5.41, 5.74) is 0. The van der Waals surface area contributed by atoms with E-state index in [2.05, 4.69) is 0 Å². The lowest BCUT2D eigenvalue weighted by molar-refractivity contribution is -0.179. The number of alkyl halides is 4. The summed E-state index contributed by atoms with van der Waals surface area (Å²) in [6.07, 6.45) is -1.00. The van der Waals surface area contributed by atoms with Gasteiger partial charge in [0.25, 0.3) is 5.91 Å². The van der Waals surface area contributed by atoms with Crippen molar-refractivity contribution in [2.45, 2.75) is 12.3 Å². The van der Waals surface area contributed by atoms with E-state index in [-0.39, 0.29) is 13.1 Å². The van der Waals surface area contributed by atoms with Crippen molar-refractivity contribution >= 4 is 5.91 Å². The lowest BCUT2D eigenvalue weighted by atomic mass is 10.3. The highest BCUT2D eigenvalue weighted by Gasteiger charge is 2.51. The number of hydrogen-bond acceptors (Lipinski definition) is 1. The van der Waals surface area contributed by atoms with E-state index in [9.17, 15) is 22.4 Å². The summed E-state index contributed by atoms with van der Waals surface area (Å²) in [4.78, 5) is 11.4. The van der Waals surface area contributed by atoms with Crippen molar-refractivity contribution in [3.8, 4) is 0 Å². The van der Waals surface area contributed by atoms with Gasteiger partial charge in [-0.3, -0.25) is 4.79 Å². The molecule has 0 aromatic carbocycles. The van der Waals surface area contributed by atoms with Gasteiger partial charge in [-0.1, -0.05) is 12.2 Å². The van der Waals surface area contributed by atoms with Gasteiger partial charge < -0.3 is 4.90 Å². The Labute approximate surface area is 71.8 Å². The summed E-state index contributed by atoms with van der Waals surface area (Å²) in [6, 6.07) is 0. The van der Waals surface area contributed by atoms with E-state index in [1.807, 2.05) is 0 Å². The number of carbonyl (C=O) groups excluding carboxylic acids is 1. The zero-order valence-electron chi connectivity index (χ0n) is 6.51. The quantitative estimate of drug-likeness (QED) is 0.482. The fraction of sp³-hybridized carbons (Fsp3) is 0.571. The first-order valence-electron chi connectivity index (χ1n) is 3.56. The van der Waals surface area contributed by atoms with Crippen LogP contribution in [0.5, 0.6) is 0 Å². The van der Waals surface area contributed by atoms with E-state index in [1.54, 1.807) is 0 Å². The van der Waals surface area contributed by atoms with Gasteiger partial charge in [-0.25, -0.2) is 8.78 Å². The van der Waals surface area contributed by atoms with Crippen LogP contribution in [0.15, 0.2) is 12.2 Å². The Kier molecular flexibility index (Phi) is 2.58. The maximum atomic E-state index is 12.4. The molecule has 1 rings (SSSR count). The van der Waals surface area contributed by atoms with Gasteiger partial charge in [0, 0.05) is 13.1 Å². The van der Waals surface area contributed by atoms with Gasteiger partial charge in [-0.2, -0.15) is 8.78 Å². The molecular weight excluding hydrogens is 190 g/mol. The molecular formula is C7H7F4NO. The zero-order chi connectivity index (χ0) is 10.1. The van der Waals surface area contributed by atoms with Crippen LogP contribution in [0.25, 0.3) is 0 Å². The van der Waals surface area contributed by atoms with Crippen molar-refractivity contribution in [2.24, 2.45) is 0 Å². The Balaban J connectivity index is 2.66. The van der Waals surface area contributed by atoms with Crippen molar-refractivity contribution < 1.29 is 22.4 Å². The topological polar surface area (TPSA) is 20.3 Å². The lowest BCUT2D eigenvalue weighted by Gasteiger charge is -2.21. The number of nitrogens with zero attached hydrogens (tertiary/aromatic N) is 1. The second kappa shape index (κ2) is 3.35. The van der Waals surface area contributed by atoms with Crippen molar-refractivity contribution in [2.75, 3.05) is 13.1 Å². The fourth-order valence-corrected chi connectivity index (χ4v) is 0.948. The zero-order valence-corrected chi connectivity index (χ0v) is 6.51. The number of carbonyl (C=O) groups is 1. The molecule has 0 bridgehead atoms. The van der Waals surface area contributed by atoms with Gasteiger partial charge in [0.05, 0.1) is 0 Å². The standard InChI is InChI=1S/C7H7F4NO/c8-5(9)7(10,11)6(13)12-3-1-2-4-12/h1-2,5H,3-4H2. The van der Waals surface area contributed by atoms with Crippen LogP contribution in [0.4, 0.5) is 17.6 Å². The van der Waals surface area contributed by atoms with E-state index in [0.717, 1.165) is 0 Å². The summed E-state index contributed by atoms with van der Waals surface area (Å²) >= 11 is 0. The minimum atomic E-state index is -4.56. The third-order valence-electron chi connectivity index (χ3n) is 1.66. The molecule has 6 heteroatoms. The van der Waals surface area contributed by atoms with Crippen LogP contribution in [0.1, 0.15) is 0 Å². The highest BCUT2D eigenvalue weighted by Crippen LogP contribution is 2.25. The molecule has 74 valence electrons. The van der Waals surface area contributed by atoms with Gasteiger partial charge in [0.1, 0.15) is 0 Å². The second-order valence-corrected chi connectivity index (χ2v) is 2.61. The Morgan fingerprint density at radius 2 is 1.77 bits per heavy atom. The highest BCUT2D eigenvalue weighted by atomic mass is 19.3. The van der Waals surface area contributed by atoms with Crippen LogP contribution in [0.3, 0.4) is 0 Å². The van der Waals surface area contributed by atoms with Crippen molar-refractivity contribution in [3.05, 3.63) is 12.2 Å². The third-order valence-corrected chi connectivity index (χ3v) is 1.66. The monoisotopic (exact) mass is 197 g/mol. The van der Waals surface area contributed by atoms with Crippen LogP contribution in [-0.2, 0) is 4.79 Å². The number of halogens is 4. The molecule has 0 saturated heterocycles. The Bertz CT molecular complexity index is 231. The molecule has 0 unspecified atom stereocenters. The molecule has 0 aliphatic carbocycles. The summed E-state index contributed by atoms with van der Waals surface area (Å²) < 4.78 is 48.2. The average molecular weight is 197 g/mol. The summed E-state index contributed by atoms with van der Waals surface area (Å²) in [7, 11) is 0. The van der Waals surface area contributed by atoms with E-state index in [4.69, 9.17) is 0 Å². The molecule has 0 fully saturated rings. The SMILES string of the molecule is O=C(N1CC=CC1)C(F)(F)C(F)F. The number of rotatable bonds is 2. The molecule has 1 aliphatic heterocycles. The smallest absolute Gasteiger partial charge is 0.330 e. The molecule has 0 aromatic heterocycles. The largest absolute Gasteiger partial charge is 0.383 e. The summed E-state index contributed by atoms with van der Waals surface area (Å²) in [6.45, 7) is -0.0533. The number of amides is 1. The predicted octanol–water partition coefficient (Wildman–Crippen LogP) is 1.29. The minimum Gasteiger partial charge on any atom is -0.330 e. The van der Waals surface area contributed by atoms with Gasteiger partial charge in [0.15, 0.2) is 0 Å². The van der Waals surface area contributed by atoms with Crippen LogP contribution in [0.2, 0.25) is 0 Å². The maximum absolute atomic E-state index is 12.4. The van der Waals surface area contributed by atoms with E-state index in [1.165, 1.54) is 12.2 Å². The Hall–Kier alpha value is -1.07. The van der Waals surface area contributed by atoms with Gasteiger partial charge in [-0.05, 0) is 0 Å². The molecule has 0 aromatic rings. The van der Waals surface area contributed by atoms with Crippen LogP contribution >= 0.6 is 0 Å². The average Bonchev–Trinajstić information content (AvgIpc) is 2.54. The molecule has 1 heterocycles. The molecule has 0 radical (unpaired) electrons. The maximum Gasteiger partial charge on any atom is 0.383 e. The fourth-order valence-electron chi connectivity index (χ4n) is 0.948. The predicted molar refractivity (Wildman–Crippen MR) is 36.7 cm³/mol. The summed E-state index contributed by atoms with van der Waals surface area (Å²) in [5, 5.41) is 0. The van der Waals surface area contributed by atoms with E-state index >= 15 is 0 Å². The normalized spacial score (nSPS) is 17.2. The molecule has 1 aliphatic rings. The van der Waals surface area contributed by atoms with Crippen molar-refractivity contribution in [1.29, 1.82) is 0 Å². The van der Waals surface area contributed by atoms with Gasteiger partial charge in [-0.15, -0.1) is 0 Å². The highest BCUT2D eigenvalue weighted by molar-refractivity contribution is 5.84. The first-order chi connectivity index (χ1) is 5.96. The molecule has 2 nitrogen and oxygen atoms in total. The molecule has 1 amide bonds. The number of hydrogen-bond donors (Lipinski definition) is 0. The lowest BCUT2D eigenvalue weighted by Crippen LogP contribution is -2.46. The molecule has 0 atom stereocenters. The van der Waals surface area contributed by atoms with E-state index < -0.39 is 18.3 Å². The Morgan fingerprint density at radius 3 is 2.15 bits per heavy atom. The molecule has 0 spiro atoms. The van der Waals surface area contributed by atoms with Crippen molar-refractivity contribution in [3.63, 3.8) is 0 Å². The van der Waals surface area contributed by atoms with Crippen LogP contribution < -0.4 is 0 Å². The van der Waals surface area contributed by atoms with Gasteiger partial charge >= 0.3 is 12.3 Å². The first-order valence-corrected chi connectivity index (χ1v) is 3.56. The van der Waals surface area contributed by atoms with Gasteiger partial charge in [0.2, 0.25) is 0 Å². The first kappa shape index (κ1) is 10.0.